The minimum absolute atomic E-state index is 0.159. The lowest BCUT2D eigenvalue weighted by Crippen LogP contribution is -2.51. The van der Waals surface area contributed by atoms with Crippen molar-refractivity contribution in [2.24, 2.45) is 0 Å². The van der Waals surface area contributed by atoms with E-state index >= 15 is 4.79 Å². The Morgan fingerprint density at radius 3 is 1.39 bits per heavy atom. The highest BCUT2D eigenvalue weighted by molar-refractivity contribution is 5.94. The number of rotatable bonds is 12. The summed E-state index contributed by atoms with van der Waals surface area (Å²) in [5, 5.41) is 5.77. The van der Waals surface area contributed by atoms with Gasteiger partial charge in [0.05, 0.1) is 12.1 Å². The van der Waals surface area contributed by atoms with Gasteiger partial charge in [-0.1, -0.05) is 84.9 Å². The fourth-order valence-electron chi connectivity index (χ4n) is 7.29. The Morgan fingerprint density at radius 2 is 1.00 bits per heavy atom. The van der Waals surface area contributed by atoms with Gasteiger partial charge in [-0.25, -0.2) is 4.79 Å². The lowest BCUT2D eigenvalue weighted by Gasteiger charge is -2.37. The summed E-state index contributed by atoms with van der Waals surface area (Å²) in [6.45, 7) is 9.18. The van der Waals surface area contributed by atoms with Crippen molar-refractivity contribution in [1.29, 1.82) is 0 Å². The van der Waals surface area contributed by atoms with Crippen LogP contribution in [0.4, 0.5) is 4.79 Å². The fourth-order valence-corrected chi connectivity index (χ4v) is 7.29. The van der Waals surface area contributed by atoms with Crippen molar-refractivity contribution in [1.82, 2.24) is 20.4 Å². The molecular formula is C42H48N4O5. The predicted octanol–water partition coefficient (Wildman–Crippen LogP) is 6.37. The molecule has 2 fully saturated rings. The fraction of sp³-hybridized carbons (Fsp3) is 0.357. The maximum atomic E-state index is 15.4. The number of fused-ring (bicyclic) bond motifs is 1. The molecule has 0 aromatic heterocycles. The molecule has 2 aliphatic rings. The van der Waals surface area contributed by atoms with Crippen LogP contribution in [0.3, 0.4) is 0 Å². The zero-order valence-corrected chi connectivity index (χ0v) is 29.9. The van der Waals surface area contributed by atoms with E-state index in [9.17, 15) is 9.59 Å². The molecule has 4 amide bonds. The number of ether oxygens (including phenoxy) is 2. The van der Waals surface area contributed by atoms with Gasteiger partial charge < -0.3 is 29.9 Å². The van der Waals surface area contributed by atoms with E-state index < -0.39 is 30.1 Å². The van der Waals surface area contributed by atoms with Gasteiger partial charge in [-0.15, -0.1) is 0 Å². The molecule has 4 aromatic carbocycles. The molecule has 51 heavy (non-hydrogen) atoms. The predicted molar refractivity (Wildman–Crippen MR) is 197 cm³/mol. The first kappa shape index (κ1) is 35.8. The molecule has 0 unspecified atom stereocenters. The number of urea groups is 1. The van der Waals surface area contributed by atoms with Crippen LogP contribution in [0.15, 0.2) is 109 Å². The van der Waals surface area contributed by atoms with Gasteiger partial charge in [-0.05, 0) is 87.1 Å². The number of nitrogens with one attached hydrogen (secondary N) is 2. The Hall–Kier alpha value is -4.99. The topological polar surface area (TPSA) is 100 Å². The minimum Gasteiger partial charge on any atom is -0.352 e. The third-order valence-corrected chi connectivity index (χ3v) is 9.55. The smallest absolute Gasteiger partial charge is 0.321 e. The lowest BCUT2D eigenvalue weighted by atomic mass is 9.90. The Bertz CT molecular complexity index is 1690. The molecule has 0 bridgehead atoms. The molecule has 0 spiro atoms. The van der Waals surface area contributed by atoms with Crippen LogP contribution < -0.4 is 10.6 Å². The van der Waals surface area contributed by atoms with Crippen LogP contribution in [0.25, 0.3) is 0 Å². The third-order valence-electron chi connectivity index (χ3n) is 9.55. The SMILES string of the molecule is CCNC(=O)c1cccc(CN2C(=O)N(Cc3cccc(C(=O)NCC)c3)[C@H](Cc3ccccc3)[C@@H]3OC(C)(C)O[C@H]3[C@H]2Cc2ccccc2)c1. The van der Waals surface area contributed by atoms with E-state index in [0.29, 0.717) is 37.1 Å². The Labute approximate surface area is 300 Å². The molecule has 6 rings (SSSR count). The standard InChI is InChI=1S/C42H48N4O5/c1-5-43-39(47)33-21-13-19-31(23-33)27-45-35(25-29-15-9-7-10-16-29)37-38(51-42(3,4)50-37)36(26-30-17-11-8-12-18-30)46(41(45)49)28-32-20-14-22-34(24-32)40(48)44-6-2/h7-24,35-38H,5-6,25-28H2,1-4H3,(H,43,47)(H,44,48)/t35-,36-,37+,38+/m1/s1. The normalized spacial score (nSPS) is 21.1. The van der Waals surface area contributed by atoms with Gasteiger partial charge in [0.1, 0.15) is 12.2 Å². The number of nitrogens with zero attached hydrogens (tertiary/aromatic N) is 2. The van der Waals surface area contributed by atoms with Crippen LogP contribution in [0, 0.1) is 0 Å². The number of carbonyl (C=O) groups is 3. The van der Waals surface area contributed by atoms with E-state index in [4.69, 9.17) is 9.47 Å². The summed E-state index contributed by atoms with van der Waals surface area (Å²) in [4.78, 5) is 44.9. The van der Waals surface area contributed by atoms with Crippen LogP contribution in [0.1, 0.15) is 70.7 Å². The van der Waals surface area contributed by atoms with Crippen LogP contribution >= 0.6 is 0 Å². The zero-order valence-electron chi connectivity index (χ0n) is 29.9. The first-order chi connectivity index (χ1) is 24.7. The number of benzene rings is 4. The Kier molecular flexibility index (Phi) is 11.2. The number of amides is 4. The summed E-state index contributed by atoms with van der Waals surface area (Å²) in [6.07, 6.45) is 0.163. The monoisotopic (exact) mass is 688 g/mol. The van der Waals surface area contributed by atoms with E-state index in [0.717, 1.165) is 22.3 Å². The molecule has 0 radical (unpaired) electrons. The zero-order chi connectivity index (χ0) is 36.0. The van der Waals surface area contributed by atoms with E-state index in [1.54, 1.807) is 12.1 Å². The van der Waals surface area contributed by atoms with Crippen molar-refractivity contribution < 1.29 is 23.9 Å². The molecule has 9 nitrogen and oxygen atoms in total. The molecule has 0 aliphatic carbocycles. The van der Waals surface area contributed by atoms with Crippen LogP contribution in [-0.4, -0.2) is 70.8 Å². The first-order valence-electron chi connectivity index (χ1n) is 17.9. The minimum atomic E-state index is -0.896. The van der Waals surface area contributed by atoms with Gasteiger partial charge in [0.15, 0.2) is 5.79 Å². The third kappa shape index (κ3) is 8.49. The highest BCUT2D eigenvalue weighted by Gasteiger charge is 2.55. The number of hydrogen-bond acceptors (Lipinski definition) is 5. The molecule has 4 atom stereocenters. The van der Waals surface area contributed by atoms with Gasteiger partial charge in [0.2, 0.25) is 0 Å². The summed E-state index contributed by atoms with van der Waals surface area (Å²) in [6, 6.07) is 34.3. The second-order valence-electron chi connectivity index (χ2n) is 13.7. The summed E-state index contributed by atoms with van der Waals surface area (Å²) in [5.74, 6) is -1.21. The van der Waals surface area contributed by atoms with Crippen molar-refractivity contribution in [3.8, 4) is 0 Å². The molecule has 2 heterocycles. The number of hydrogen-bond donors (Lipinski definition) is 2. The summed E-state index contributed by atoms with van der Waals surface area (Å²) in [7, 11) is 0. The maximum absolute atomic E-state index is 15.4. The summed E-state index contributed by atoms with van der Waals surface area (Å²) >= 11 is 0. The summed E-state index contributed by atoms with van der Waals surface area (Å²) in [5.41, 5.74) is 4.89. The van der Waals surface area contributed by atoms with Gasteiger partial charge in [0.25, 0.3) is 11.8 Å². The van der Waals surface area contributed by atoms with E-state index in [-0.39, 0.29) is 30.9 Å². The van der Waals surface area contributed by atoms with Crippen LogP contribution in [0.5, 0.6) is 0 Å². The Balaban J connectivity index is 1.48. The molecule has 2 N–H and O–H groups in total. The average Bonchev–Trinajstić information content (AvgIpc) is 3.44. The van der Waals surface area contributed by atoms with Crippen LogP contribution in [-0.2, 0) is 35.4 Å². The van der Waals surface area contributed by atoms with E-state index in [1.807, 2.05) is 110 Å². The van der Waals surface area contributed by atoms with Crippen molar-refractivity contribution in [2.75, 3.05) is 13.1 Å². The van der Waals surface area contributed by atoms with Gasteiger partial charge in [0, 0.05) is 37.3 Å². The van der Waals surface area contributed by atoms with Crippen molar-refractivity contribution in [3.05, 3.63) is 143 Å². The maximum Gasteiger partial charge on any atom is 0.321 e. The van der Waals surface area contributed by atoms with Gasteiger partial charge in [-0.2, -0.15) is 0 Å². The van der Waals surface area contributed by atoms with Gasteiger partial charge >= 0.3 is 6.03 Å². The second kappa shape index (κ2) is 15.9. The molecule has 9 heteroatoms. The number of carbonyl (C=O) groups excluding carboxylic acids is 3. The van der Waals surface area contributed by atoms with Crippen molar-refractivity contribution in [2.45, 2.75) is 83.7 Å². The van der Waals surface area contributed by atoms with Crippen molar-refractivity contribution >= 4 is 17.8 Å². The van der Waals surface area contributed by atoms with E-state index in [1.165, 1.54) is 0 Å². The first-order valence-corrected chi connectivity index (χ1v) is 17.9. The highest BCUT2D eigenvalue weighted by atomic mass is 16.8. The Morgan fingerprint density at radius 1 is 0.608 bits per heavy atom. The molecule has 266 valence electrons. The van der Waals surface area contributed by atoms with E-state index in [2.05, 4.69) is 34.9 Å². The molecule has 2 saturated heterocycles. The van der Waals surface area contributed by atoms with Gasteiger partial charge in [-0.3, -0.25) is 9.59 Å². The molecule has 0 saturated carbocycles. The highest BCUT2D eigenvalue weighted by Crippen LogP contribution is 2.40. The quantitative estimate of drug-likeness (QED) is 0.180. The molecule has 2 aliphatic heterocycles. The van der Waals surface area contributed by atoms with Crippen LogP contribution in [0.2, 0.25) is 0 Å². The largest absolute Gasteiger partial charge is 0.352 e. The van der Waals surface area contributed by atoms with Crippen molar-refractivity contribution in [3.63, 3.8) is 0 Å². The lowest BCUT2D eigenvalue weighted by molar-refractivity contribution is -0.157. The summed E-state index contributed by atoms with van der Waals surface area (Å²) < 4.78 is 13.6. The average molecular weight is 689 g/mol. The molecule has 4 aromatic rings. The molecular weight excluding hydrogens is 640 g/mol. The second-order valence-corrected chi connectivity index (χ2v) is 13.7.